The van der Waals surface area contributed by atoms with Crippen molar-refractivity contribution in [3.8, 4) is 0 Å². The molecule has 2 atom stereocenters. The summed E-state index contributed by atoms with van der Waals surface area (Å²) < 4.78 is 15.6. The second-order valence-corrected chi connectivity index (χ2v) is 6.19. The highest BCUT2D eigenvalue weighted by atomic mass is 16.6. The van der Waals surface area contributed by atoms with Crippen LogP contribution in [0.25, 0.3) is 0 Å². The number of nitrogens with zero attached hydrogens (tertiary/aromatic N) is 2. The molecule has 0 aromatic carbocycles. The van der Waals surface area contributed by atoms with Gasteiger partial charge in [-0.05, 0) is 13.8 Å². The SMILES string of the molecule is CC1(C)CN(CC2CO2)C(=O)N(COCC2CO2)C1=O. The standard InChI is InChI=1S/C13H20N2O5/c1-13(2)7-14(3-9-5-19-9)12(17)15(11(13)16)8-18-4-10-6-20-10/h9-10H,3-8H2,1-2H3. The summed E-state index contributed by atoms with van der Waals surface area (Å²) in [7, 11) is 0. The van der Waals surface area contributed by atoms with Crippen molar-refractivity contribution in [2.24, 2.45) is 5.41 Å². The fourth-order valence-corrected chi connectivity index (χ4v) is 2.35. The molecule has 7 nitrogen and oxygen atoms in total. The molecule has 0 aromatic heterocycles. The van der Waals surface area contributed by atoms with Crippen LogP contribution in [0, 0.1) is 5.41 Å². The lowest BCUT2D eigenvalue weighted by Gasteiger charge is -2.42. The molecule has 3 aliphatic heterocycles. The number of carbonyl (C=O) groups excluding carboxylic acids is 2. The van der Waals surface area contributed by atoms with Gasteiger partial charge in [0.1, 0.15) is 12.8 Å². The van der Waals surface area contributed by atoms with E-state index < -0.39 is 5.41 Å². The molecule has 3 amide bonds. The van der Waals surface area contributed by atoms with Crippen molar-refractivity contribution in [1.82, 2.24) is 9.80 Å². The fraction of sp³-hybridized carbons (Fsp3) is 0.846. The van der Waals surface area contributed by atoms with Gasteiger partial charge >= 0.3 is 6.03 Å². The number of ether oxygens (including phenoxy) is 3. The van der Waals surface area contributed by atoms with Crippen molar-refractivity contribution in [2.45, 2.75) is 26.1 Å². The predicted octanol–water partition coefficient (Wildman–Crippen LogP) is 0.0485. The second kappa shape index (κ2) is 4.98. The van der Waals surface area contributed by atoms with Crippen LogP contribution in [0.1, 0.15) is 13.8 Å². The van der Waals surface area contributed by atoms with Gasteiger partial charge in [-0.2, -0.15) is 0 Å². The highest BCUT2D eigenvalue weighted by Crippen LogP contribution is 2.28. The summed E-state index contributed by atoms with van der Waals surface area (Å²) in [6, 6.07) is -0.290. The summed E-state index contributed by atoms with van der Waals surface area (Å²) in [5.41, 5.74) is -0.595. The van der Waals surface area contributed by atoms with E-state index in [1.807, 2.05) is 13.8 Å². The second-order valence-electron chi connectivity index (χ2n) is 6.19. The van der Waals surface area contributed by atoms with Gasteiger partial charge in [-0.1, -0.05) is 0 Å². The normalized spacial score (nSPS) is 31.7. The molecule has 3 aliphatic rings. The summed E-state index contributed by atoms with van der Waals surface area (Å²) in [4.78, 5) is 27.5. The van der Waals surface area contributed by atoms with E-state index in [9.17, 15) is 9.59 Å². The molecule has 0 spiro atoms. The Balaban J connectivity index is 1.63. The maximum absolute atomic E-state index is 12.3. The van der Waals surface area contributed by atoms with Crippen LogP contribution >= 0.6 is 0 Å². The Morgan fingerprint density at radius 3 is 2.50 bits per heavy atom. The lowest BCUT2D eigenvalue weighted by molar-refractivity contribution is -0.147. The van der Waals surface area contributed by atoms with Crippen molar-refractivity contribution in [3.05, 3.63) is 0 Å². The smallest absolute Gasteiger partial charge is 0.328 e. The molecule has 3 saturated heterocycles. The van der Waals surface area contributed by atoms with Crippen molar-refractivity contribution in [2.75, 3.05) is 39.6 Å². The quantitative estimate of drug-likeness (QED) is 0.644. The van der Waals surface area contributed by atoms with E-state index in [0.29, 0.717) is 32.9 Å². The monoisotopic (exact) mass is 284 g/mol. The van der Waals surface area contributed by atoms with E-state index >= 15 is 0 Å². The third kappa shape index (κ3) is 2.94. The molecule has 3 fully saturated rings. The predicted molar refractivity (Wildman–Crippen MR) is 67.9 cm³/mol. The largest absolute Gasteiger partial charge is 0.371 e. The summed E-state index contributed by atoms with van der Waals surface area (Å²) in [5, 5.41) is 0. The van der Waals surface area contributed by atoms with E-state index in [2.05, 4.69) is 0 Å². The van der Waals surface area contributed by atoms with Crippen molar-refractivity contribution < 1.29 is 23.8 Å². The molecule has 0 bridgehead atoms. The highest BCUT2D eigenvalue weighted by molar-refractivity contribution is 5.99. The van der Waals surface area contributed by atoms with Crippen LogP contribution in [0.5, 0.6) is 0 Å². The minimum atomic E-state index is -0.595. The molecule has 7 heteroatoms. The van der Waals surface area contributed by atoms with Gasteiger partial charge in [0, 0.05) is 6.54 Å². The van der Waals surface area contributed by atoms with E-state index in [-0.39, 0.29) is 30.9 Å². The summed E-state index contributed by atoms with van der Waals surface area (Å²) >= 11 is 0. The first kappa shape index (κ1) is 13.8. The zero-order valence-corrected chi connectivity index (χ0v) is 11.8. The molecule has 3 rings (SSSR count). The first-order valence-electron chi connectivity index (χ1n) is 6.89. The molecule has 0 aliphatic carbocycles. The fourth-order valence-electron chi connectivity index (χ4n) is 2.35. The Hall–Kier alpha value is -1.18. The summed E-state index contributed by atoms with van der Waals surface area (Å²) in [6.07, 6.45) is 0.236. The van der Waals surface area contributed by atoms with Crippen molar-refractivity contribution in [1.29, 1.82) is 0 Å². The van der Waals surface area contributed by atoms with Gasteiger partial charge in [0.25, 0.3) is 0 Å². The van der Waals surface area contributed by atoms with E-state index in [1.54, 1.807) is 4.90 Å². The van der Waals surface area contributed by atoms with Crippen LogP contribution < -0.4 is 0 Å². The Morgan fingerprint density at radius 2 is 1.90 bits per heavy atom. The van der Waals surface area contributed by atoms with Gasteiger partial charge < -0.3 is 19.1 Å². The minimum Gasteiger partial charge on any atom is -0.371 e. The third-order valence-electron chi connectivity index (χ3n) is 3.66. The number of amides is 3. The van der Waals surface area contributed by atoms with E-state index in [4.69, 9.17) is 14.2 Å². The Morgan fingerprint density at radius 1 is 1.25 bits per heavy atom. The van der Waals surface area contributed by atoms with Crippen LogP contribution in [0.15, 0.2) is 0 Å². The maximum Gasteiger partial charge on any atom is 0.328 e. The summed E-state index contributed by atoms with van der Waals surface area (Å²) in [5.74, 6) is -0.188. The number of epoxide rings is 2. The molecule has 112 valence electrons. The van der Waals surface area contributed by atoms with E-state index in [1.165, 1.54) is 4.90 Å². The van der Waals surface area contributed by atoms with Crippen LogP contribution in [-0.4, -0.2) is 73.6 Å². The number of hydrogen-bond donors (Lipinski definition) is 0. The summed E-state index contributed by atoms with van der Waals surface area (Å²) in [6.45, 7) is 6.45. The van der Waals surface area contributed by atoms with Gasteiger partial charge in [-0.3, -0.25) is 4.79 Å². The van der Waals surface area contributed by atoms with Gasteiger partial charge in [0.15, 0.2) is 0 Å². The number of urea groups is 1. The first-order valence-corrected chi connectivity index (χ1v) is 6.89. The molecular formula is C13H20N2O5. The molecule has 0 radical (unpaired) electrons. The van der Waals surface area contributed by atoms with Crippen molar-refractivity contribution >= 4 is 11.9 Å². The number of rotatable bonds is 6. The Kier molecular flexibility index (Phi) is 3.43. The lowest BCUT2D eigenvalue weighted by Crippen LogP contribution is -2.61. The van der Waals surface area contributed by atoms with Gasteiger partial charge in [0.05, 0.1) is 37.9 Å². The molecule has 0 aromatic rings. The topological polar surface area (TPSA) is 74.9 Å². The zero-order valence-electron chi connectivity index (χ0n) is 11.8. The Bertz CT molecular complexity index is 417. The number of carbonyl (C=O) groups is 2. The molecule has 20 heavy (non-hydrogen) atoms. The van der Waals surface area contributed by atoms with Gasteiger partial charge in [-0.25, -0.2) is 9.69 Å². The van der Waals surface area contributed by atoms with E-state index in [0.717, 1.165) is 0 Å². The van der Waals surface area contributed by atoms with Crippen LogP contribution in [0.3, 0.4) is 0 Å². The van der Waals surface area contributed by atoms with Gasteiger partial charge in [0.2, 0.25) is 5.91 Å². The van der Waals surface area contributed by atoms with Crippen molar-refractivity contribution in [3.63, 3.8) is 0 Å². The van der Waals surface area contributed by atoms with Crippen LogP contribution in [0.2, 0.25) is 0 Å². The maximum atomic E-state index is 12.3. The average Bonchev–Trinajstić information content (AvgIpc) is 3.24. The molecule has 3 heterocycles. The number of hydrogen-bond acceptors (Lipinski definition) is 5. The van der Waals surface area contributed by atoms with Crippen LogP contribution in [0.4, 0.5) is 4.79 Å². The minimum absolute atomic E-state index is 0.0109. The Labute approximate surface area is 117 Å². The first-order chi connectivity index (χ1) is 9.47. The average molecular weight is 284 g/mol. The molecule has 2 unspecified atom stereocenters. The number of imide groups is 1. The molecular weight excluding hydrogens is 264 g/mol. The molecule has 0 N–H and O–H groups in total. The highest BCUT2D eigenvalue weighted by Gasteiger charge is 2.46. The third-order valence-corrected chi connectivity index (χ3v) is 3.66. The lowest BCUT2D eigenvalue weighted by atomic mass is 9.89. The van der Waals surface area contributed by atoms with Crippen LogP contribution in [-0.2, 0) is 19.0 Å². The molecule has 0 saturated carbocycles. The van der Waals surface area contributed by atoms with Gasteiger partial charge in [-0.15, -0.1) is 0 Å². The zero-order chi connectivity index (χ0) is 14.3.